The second kappa shape index (κ2) is 4.63. The van der Waals surface area contributed by atoms with Crippen LogP contribution in [0, 0.1) is 11.8 Å². The van der Waals surface area contributed by atoms with Crippen molar-refractivity contribution in [3.05, 3.63) is 23.9 Å². The lowest BCUT2D eigenvalue weighted by molar-refractivity contribution is 0.398. The predicted octanol–water partition coefficient (Wildman–Crippen LogP) is 1.68. The number of methoxy groups -OCH3 is 1. The minimum Gasteiger partial charge on any atom is -0.481 e. The van der Waals surface area contributed by atoms with Crippen LogP contribution in [0.15, 0.2) is 18.3 Å². The van der Waals surface area contributed by atoms with Gasteiger partial charge in [0.15, 0.2) is 0 Å². The molecule has 0 unspecified atom stereocenters. The van der Waals surface area contributed by atoms with E-state index in [0.29, 0.717) is 11.8 Å². The highest BCUT2D eigenvalue weighted by molar-refractivity contribution is 6.19. The Labute approximate surface area is 76.5 Å². The number of hydrogen-bond acceptors (Lipinski definition) is 2. The summed E-state index contributed by atoms with van der Waals surface area (Å²) >= 11 is 5.40. The van der Waals surface area contributed by atoms with E-state index in [1.54, 1.807) is 19.4 Å². The second-order valence-corrected chi connectivity index (χ2v) is 2.29. The Balaban J connectivity index is 2.86. The lowest BCUT2D eigenvalue weighted by atomic mass is 10.3. The van der Waals surface area contributed by atoms with Crippen molar-refractivity contribution in [2.45, 2.75) is 0 Å². The fourth-order valence-corrected chi connectivity index (χ4v) is 0.801. The van der Waals surface area contributed by atoms with Crippen LogP contribution >= 0.6 is 11.6 Å². The van der Waals surface area contributed by atoms with E-state index in [1.165, 1.54) is 0 Å². The summed E-state index contributed by atoms with van der Waals surface area (Å²) in [5, 5.41) is 0. The summed E-state index contributed by atoms with van der Waals surface area (Å²) in [6.07, 6.45) is 1.65. The number of aromatic nitrogens is 1. The van der Waals surface area contributed by atoms with Gasteiger partial charge in [0, 0.05) is 17.8 Å². The molecule has 2 nitrogen and oxygen atoms in total. The molecule has 0 saturated heterocycles. The first-order chi connectivity index (χ1) is 5.86. The second-order valence-electron chi connectivity index (χ2n) is 2.02. The van der Waals surface area contributed by atoms with Gasteiger partial charge in [0.25, 0.3) is 0 Å². The van der Waals surface area contributed by atoms with Crippen molar-refractivity contribution in [1.29, 1.82) is 0 Å². The van der Waals surface area contributed by atoms with E-state index in [2.05, 4.69) is 16.8 Å². The van der Waals surface area contributed by atoms with Crippen LogP contribution in [0.1, 0.15) is 5.56 Å². The normalized spacial score (nSPS) is 8.50. The molecule has 0 fully saturated rings. The molecule has 0 aromatic carbocycles. The molecule has 1 aromatic rings. The van der Waals surface area contributed by atoms with E-state index in [0.717, 1.165) is 5.56 Å². The van der Waals surface area contributed by atoms with Crippen LogP contribution in [-0.4, -0.2) is 18.0 Å². The number of pyridine rings is 1. The van der Waals surface area contributed by atoms with Gasteiger partial charge in [0.1, 0.15) is 0 Å². The van der Waals surface area contributed by atoms with Crippen molar-refractivity contribution in [1.82, 2.24) is 4.98 Å². The number of alkyl halides is 1. The van der Waals surface area contributed by atoms with Crippen molar-refractivity contribution in [3.63, 3.8) is 0 Å². The van der Waals surface area contributed by atoms with Crippen LogP contribution in [0.5, 0.6) is 5.88 Å². The monoisotopic (exact) mass is 181 g/mol. The highest BCUT2D eigenvalue weighted by Crippen LogP contribution is 2.06. The third-order valence-electron chi connectivity index (χ3n) is 1.24. The number of rotatable bonds is 1. The summed E-state index contributed by atoms with van der Waals surface area (Å²) in [6, 6.07) is 3.57. The summed E-state index contributed by atoms with van der Waals surface area (Å²) in [7, 11) is 1.57. The summed E-state index contributed by atoms with van der Waals surface area (Å²) in [5.41, 5.74) is 0.863. The van der Waals surface area contributed by atoms with Gasteiger partial charge in [-0.3, -0.25) is 0 Å². The first kappa shape index (κ1) is 8.89. The lowest BCUT2D eigenvalue weighted by Crippen LogP contribution is -1.87. The Morgan fingerprint density at radius 2 is 2.50 bits per heavy atom. The zero-order valence-corrected chi connectivity index (χ0v) is 7.43. The third-order valence-corrected chi connectivity index (χ3v) is 1.38. The van der Waals surface area contributed by atoms with E-state index in [4.69, 9.17) is 16.3 Å². The smallest absolute Gasteiger partial charge is 0.214 e. The number of halogens is 1. The zero-order valence-electron chi connectivity index (χ0n) is 6.67. The molecule has 0 saturated carbocycles. The van der Waals surface area contributed by atoms with Crippen molar-refractivity contribution in [2.75, 3.05) is 13.0 Å². The Morgan fingerprint density at radius 1 is 1.67 bits per heavy atom. The van der Waals surface area contributed by atoms with E-state index >= 15 is 0 Å². The average molecular weight is 182 g/mol. The highest BCUT2D eigenvalue weighted by atomic mass is 35.5. The minimum atomic E-state index is 0.338. The van der Waals surface area contributed by atoms with Crippen LogP contribution in [-0.2, 0) is 0 Å². The molecule has 3 heteroatoms. The van der Waals surface area contributed by atoms with E-state index in [1.807, 2.05) is 6.07 Å². The summed E-state index contributed by atoms with van der Waals surface area (Å²) in [5.74, 6) is 6.52. The van der Waals surface area contributed by atoms with Gasteiger partial charge in [-0.25, -0.2) is 4.98 Å². The molecule has 62 valence electrons. The molecule has 1 aromatic heterocycles. The van der Waals surface area contributed by atoms with Crippen LogP contribution in [0.4, 0.5) is 0 Å². The van der Waals surface area contributed by atoms with Crippen molar-refractivity contribution in [3.8, 4) is 17.7 Å². The van der Waals surface area contributed by atoms with Gasteiger partial charge in [-0.2, -0.15) is 0 Å². The maximum atomic E-state index is 5.40. The molecule has 1 rings (SSSR count). The molecule has 0 N–H and O–H groups in total. The third kappa shape index (κ3) is 2.44. The number of hydrogen-bond donors (Lipinski definition) is 0. The lowest BCUT2D eigenvalue weighted by Gasteiger charge is -1.96. The first-order valence-electron chi connectivity index (χ1n) is 3.41. The molecule has 0 bridgehead atoms. The Morgan fingerprint density at radius 3 is 3.17 bits per heavy atom. The molecule has 12 heavy (non-hydrogen) atoms. The fraction of sp³-hybridized carbons (Fsp3) is 0.222. The molecule has 0 atom stereocenters. The van der Waals surface area contributed by atoms with Crippen LogP contribution in [0.3, 0.4) is 0 Å². The predicted molar refractivity (Wildman–Crippen MR) is 48.4 cm³/mol. The van der Waals surface area contributed by atoms with Crippen molar-refractivity contribution < 1.29 is 4.74 Å². The maximum Gasteiger partial charge on any atom is 0.214 e. The molecule has 0 radical (unpaired) electrons. The fourth-order valence-electron chi connectivity index (χ4n) is 0.734. The molecular weight excluding hydrogens is 174 g/mol. The maximum absolute atomic E-state index is 5.40. The number of ether oxygens (including phenoxy) is 1. The zero-order chi connectivity index (χ0) is 8.81. The number of nitrogens with zero attached hydrogens (tertiary/aromatic N) is 1. The molecule has 1 heterocycles. The minimum absolute atomic E-state index is 0.338. The van der Waals surface area contributed by atoms with Crippen molar-refractivity contribution >= 4 is 11.6 Å². The highest BCUT2D eigenvalue weighted by Gasteiger charge is 1.91. The molecule has 0 aliphatic carbocycles. The first-order valence-corrected chi connectivity index (χ1v) is 3.95. The van der Waals surface area contributed by atoms with E-state index < -0.39 is 0 Å². The summed E-state index contributed by atoms with van der Waals surface area (Å²) in [4.78, 5) is 3.94. The quantitative estimate of drug-likeness (QED) is 0.486. The molecule has 0 aliphatic heterocycles. The van der Waals surface area contributed by atoms with Crippen molar-refractivity contribution in [2.24, 2.45) is 0 Å². The Kier molecular flexibility index (Phi) is 3.43. The van der Waals surface area contributed by atoms with Gasteiger partial charge in [-0.1, -0.05) is 11.8 Å². The van der Waals surface area contributed by atoms with Crippen LogP contribution in [0.2, 0.25) is 0 Å². The molecular formula is C9H8ClNO. The van der Waals surface area contributed by atoms with E-state index in [-0.39, 0.29) is 0 Å². The largest absolute Gasteiger partial charge is 0.481 e. The average Bonchev–Trinajstić information content (AvgIpc) is 2.15. The summed E-state index contributed by atoms with van der Waals surface area (Å²) < 4.78 is 4.92. The van der Waals surface area contributed by atoms with Gasteiger partial charge < -0.3 is 4.74 Å². The Bertz CT molecular complexity index is 314. The van der Waals surface area contributed by atoms with E-state index in [9.17, 15) is 0 Å². The van der Waals surface area contributed by atoms with Gasteiger partial charge in [-0.15, -0.1) is 11.6 Å². The van der Waals surface area contributed by atoms with Gasteiger partial charge in [-0.05, 0) is 6.07 Å². The molecule has 0 amide bonds. The van der Waals surface area contributed by atoms with Gasteiger partial charge in [0.2, 0.25) is 5.88 Å². The van der Waals surface area contributed by atoms with Gasteiger partial charge in [0.05, 0.1) is 13.0 Å². The topological polar surface area (TPSA) is 22.1 Å². The molecule has 0 aliphatic rings. The van der Waals surface area contributed by atoms with Gasteiger partial charge >= 0.3 is 0 Å². The van der Waals surface area contributed by atoms with Crippen LogP contribution in [0.25, 0.3) is 0 Å². The molecule has 0 spiro atoms. The van der Waals surface area contributed by atoms with Crippen LogP contribution < -0.4 is 4.74 Å². The Hall–Kier alpha value is -1.20. The standard InChI is InChI=1S/C9H8ClNO/c1-12-9-7-8(3-2-5-10)4-6-11-9/h4,6-7H,5H2,1H3. The SMILES string of the molecule is COc1cc(C#CCCl)ccn1. The summed E-state index contributed by atoms with van der Waals surface area (Å²) in [6.45, 7) is 0.